The normalized spacial score (nSPS) is 14.1. The van der Waals surface area contributed by atoms with Gasteiger partial charge in [-0.15, -0.1) is 0 Å². The summed E-state index contributed by atoms with van der Waals surface area (Å²) in [6.45, 7) is 0.977. The molecule has 0 saturated carbocycles. The van der Waals surface area contributed by atoms with Crippen LogP contribution >= 0.6 is 11.3 Å². The van der Waals surface area contributed by atoms with Crippen LogP contribution in [0.5, 0.6) is 0 Å². The zero-order valence-electron chi connectivity index (χ0n) is 18.1. The minimum atomic E-state index is -3.76. The summed E-state index contributed by atoms with van der Waals surface area (Å²) in [5.41, 5.74) is 1.55. The summed E-state index contributed by atoms with van der Waals surface area (Å²) in [4.78, 5) is 19.1. The van der Waals surface area contributed by atoms with Crippen molar-refractivity contribution in [2.75, 3.05) is 29.3 Å². The maximum Gasteiger partial charge on any atom is 0.338 e. The number of esters is 1. The van der Waals surface area contributed by atoms with Gasteiger partial charge in [0.1, 0.15) is 11.9 Å². The molecule has 1 aliphatic heterocycles. The molecule has 7 nitrogen and oxygen atoms in total. The summed E-state index contributed by atoms with van der Waals surface area (Å²) in [5, 5.41) is 0.755. The van der Waals surface area contributed by atoms with Crippen LogP contribution in [0.15, 0.2) is 77.7 Å². The van der Waals surface area contributed by atoms with Crippen LogP contribution in [-0.4, -0.2) is 45.6 Å². The molecule has 0 aliphatic carbocycles. The molecule has 174 valence electrons. The minimum Gasteiger partial charge on any atom is -0.455 e. The Kier molecular flexibility index (Phi) is 5.70. The molecule has 0 spiro atoms. The third kappa shape index (κ3) is 4.22. The smallest absolute Gasteiger partial charge is 0.338 e. The average Bonchev–Trinajstić information content (AvgIpc) is 3.23. The van der Waals surface area contributed by atoms with Crippen molar-refractivity contribution in [2.45, 2.75) is 11.0 Å². The van der Waals surface area contributed by atoms with Crippen molar-refractivity contribution in [1.29, 1.82) is 0 Å². The maximum absolute atomic E-state index is 13.4. The molecular formula is C24H20FN3O4S2. The van der Waals surface area contributed by atoms with Gasteiger partial charge in [-0.05, 0) is 54.6 Å². The molecule has 1 saturated heterocycles. The van der Waals surface area contributed by atoms with Crippen molar-refractivity contribution in [3.8, 4) is 0 Å². The second-order valence-corrected chi connectivity index (χ2v) is 10.9. The standard InChI is InChI=1S/C24H20FN3O4S2/c1-27(18-5-3-2-4-6-18)34(30,31)20-10-7-16(8-11-20)23(29)32-19-14-28(15-19)24-26-21-12-9-17(25)13-22(21)33-24/h2-13,19H,14-15H2,1H3. The number of thiazole rings is 1. The van der Waals surface area contributed by atoms with Gasteiger partial charge in [0, 0.05) is 7.05 Å². The van der Waals surface area contributed by atoms with Gasteiger partial charge in [-0.2, -0.15) is 0 Å². The molecule has 5 rings (SSSR count). The summed E-state index contributed by atoms with van der Waals surface area (Å²) >= 11 is 1.39. The lowest BCUT2D eigenvalue weighted by atomic mass is 10.2. The number of para-hydroxylation sites is 1. The number of hydrogen-bond donors (Lipinski definition) is 0. The van der Waals surface area contributed by atoms with Gasteiger partial charge in [0.2, 0.25) is 0 Å². The molecular weight excluding hydrogens is 477 g/mol. The molecule has 1 aromatic heterocycles. The maximum atomic E-state index is 13.4. The highest BCUT2D eigenvalue weighted by atomic mass is 32.2. The third-order valence-corrected chi connectivity index (χ3v) is 8.48. The van der Waals surface area contributed by atoms with E-state index in [-0.39, 0.29) is 22.4 Å². The van der Waals surface area contributed by atoms with Crippen LogP contribution in [0.25, 0.3) is 10.2 Å². The SMILES string of the molecule is CN(c1ccccc1)S(=O)(=O)c1ccc(C(=O)OC2CN(c3nc4ccc(F)cc4s3)C2)cc1. The number of nitrogens with zero attached hydrogens (tertiary/aromatic N) is 3. The Labute approximate surface area is 200 Å². The molecule has 0 N–H and O–H groups in total. The van der Waals surface area contributed by atoms with Crippen molar-refractivity contribution in [1.82, 2.24) is 4.98 Å². The van der Waals surface area contributed by atoms with Gasteiger partial charge in [0.15, 0.2) is 5.13 Å². The quantitative estimate of drug-likeness (QED) is 0.370. The van der Waals surface area contributed by atoms with Gasteiger partial charge in [-0.1, -0.05) is 29.5 Å². The van der Waals surface area contributed by atoms with Crippen molar-refractivity contribution in [3.63, 3.8) is 0 Å². The first-order valence-corrected chi connectivity index (χ1v) is 12.7. The third-order valence-electron chi connectivity index (χ3n) is 5.60. The van der Waals surface area contributed by atoms with Crippen LogP contribution in [0, 0.1) is 5.82 Å². The number of halogens is 1. The highest BCUT2D eigenvalue weighted by Gasteiger charge is 2.32. The van der Waals surface area contributed by atoms with Crippen LogP contribution < -0.4 is 9.21 Å². The lowest BCUT2D eigenvalue weighted by Gasteiger charge is -2.38. The van der Waals surface area contributed by atoms with Gasteiger partial charge >= 0.3 is 5.97 Å². The predicted molar refractivity (Wildman–Crippen MR) is 129 cm³/mol. The fourth-order valence-electron chi connectivity index (χ4n) is 3.61. The van der Waals surface area contributed by atoms with E-state index in [1.807, 2.05) is 11.0 Å². The summed E-state index contributed by atoms with van der Waals surface area (Å²) in [7, 11) is -2.27. The summed E-state index contributed by atoms with van der Waals surface area (Å²) in [6, 6.07) is 18.9. The lowest BCUT2D eigenvalue weighted by Crippen LogP contribution is -2.53. The first-order chi connectivity index (χ1) is 16.3. The molecule has 34 heavy (non-hydrogen) atoms. The number of carbonyl (C=O) groups is 1. The second-order valence-electron chi connectivity index (χ2n) is 7.87. The van der Waals surface area contributed by atoms with Gasteiger partial charge in [0.25, 0.3) is 10.0 Å². The number of carbonyl (C=O) groups excluding carboxylic acids is 1. The van der Waals surface area contributed by atoms with Crippen LogP contribution in [0.3, 0.4) is 0 Å². The predicted octanol–water partition coefficient (Wildman–Crippen LogP) is 4.31. The second kappa shape index (κ2) is 8.69. The monoisotopic (exact) mass is 497 g/mol. The Balaban J connectivity index is 1.20. The largest absolute Gasteiger partial charge is 0.455 e. The van der Waals surface area contributed by atoms with E-state index >= 15 is 0 Å². The fourth-order valence-corrected chi connectivity index (χ4v) is 5.81. The summed E-state index contributed by atoms with van der Waals surface area (Å²) in [6.07, 6.45) is -0.302. The van der Waals surface area contributed by atoms with E-state index in [0.29, 0.717) is 18.8 Å². The van der Waals surface area contributed by atoms with Crippen molar-refractivity contribution >= 4 is 48.4 Å². The number of ether oxygens (including phenoxy) is 1. The number of rotatable bonds is 6. The van der Waals surface area contributed by atoms with E-state index < -0.39 is 16.0 Å². The lowest BCUT2D eigenvalue weighted by molar-refractivity contribution is 0.0234. The molecule has 10 heteroatoms. The van der Waals surface area contributed by atoms with Gasteiger partial charge in [-0.3, -0.25) is 4.31 Å². The van der Waals surface area contributed by atoms with E-state index in [4.69, 9.17) is 4.74 Å². The number of fused-ring (bicyclic) bond motifs is 1. The summed E-state index contributed by atoms with van der Waals surface area (Å²) < 4.78 is 46.6. The Morgan fingerprint density at radius 3 is 2.50 bits per heavy atom. The van der Waals surface area contributed by atoms with Crippen molar-refractivity contribution < 1.29 is 22.3 Å². The topological polar surface area (TPSA) is 79.8 Å². The highest BCUT2D eigenvalue weighted by molar-refractivity contribution is 7.92. The van der Waals surface area contributed by atoms with Gasteiger partial charge in [0.05, 0.1) is 39.5 Å². The summed E-state index contributed by atoms with van der Waals surface area (Å²) in [5.74, 6) is -0.819. The van der Waals surface area contributed by atoms with E-state index in [9.17, 15) is 17.6 Å². The van der Waals surface area contributed by atoms with Gasteiger partial charge < -0.3 is 9.64 Å². The zero-order valence-corrected chi connectivity index (χ0v) is 19.7. The van der Waals surface area contributed by atoms with E-state index in [1.54, 1.807) is 30.3 Å². The minimum absolute atomic E-state index is 0.0810. The van der Waals surface area contributed by atoms with E-state index in [1.165, 1.54) is 59.1 Å². The molecule has 1 fully saturated rings. The molecule has 0 atom stereocenters. The number of hydrogen-bond acceptors (Lipinski definition) is 7. The highest BCUT2D eigenvalue weighted by Crippen LogP contribution is 2.32. The van der Waals surface area contributed by atoms with Crippen LogP contribution in [0.4, 0.5) is 15.2 Å². The average molecular weight is 498 g/mol. The first-order valence-electron chi connectivity index (χ1n) is 10.5. The number of anilines is 2. The van der Waals surface area contributed by atoms with Crippen LogP contribution in [0.2, 0.25) is 0 Å². The van der Waals surface area contributed by atoms with Crippen molar-refractivity contribution in [3.05, 3.63) is 84.2 Å². The molecule has 0 amide bonds. The molecule has 4 aromatic rings. The fraction of sp³-hybridized carbons (Fsp3) is 0.167. The molecule has 2 heterocycles. The van der Waals surface area contributed by atoms with Crippen molar-refractivity contribution in [2.24, 2.45) is 0 Å². The Bertz CT molecular complexity index is 1450. The number of sulfonamides is 1. The number of benzene rings is 3. The Morgan fingerprint density at radius 1 is 1.09 bits per heavy atom. The van der Waals surface area contributed by atoms with Crippen LogP contribution in [0.1, 0.15) is 10.4 Å². The Hall–Kier alpha value is -3.50. The molecule has 0 bridgehead atoms. The molecule has 3 aromatic carbocycles. The van der Waals surface area contributed by atoms with E-state index in [0.717, 1.165) is 15.3 Å². The zero-order chi connectivity index (χ0) is 23.9. The van der Waals surface area contributed by atoms with E-state index in [2.05, 4.69) is 4.98 Å². The molecule has 0 radical (unpaired) electrons. The molecule has 1 aliphatic rings. The molecule has 0 unspecified atom stereocenters. The number of aromatic nitrogens is 1. The van der Waals surface area contributed by atoms with Crippen LogP contribution in [-0.2, 0) is 14.8 Å². The first kappa shape index (κ1) is 22.3. The van der Waals surface area contributed by atoms with Gasteiger partial charge in [-0.25, -0.2) is 22.6 Å². The Morgan fingerprint density at radius 2 is 1.79 bits per heavy atom.